The van der Waals surface area contributed by atoms with Gasteiger partial charge in [0.15, 0.2) is 6.10 Å². The lowest BCUT2D eigenvalue weighted by atomic mass is 9.95. The lowest BCUT2D eigenvalue weighted by Gasteiger charge is -2.42. The van der Waals surface area contributed by atoms with E-state index in [1.165, 1.54) is 5.56 Å². The number of nitrogens with one attached hydrogen (secondary N) is 1. The van der Waals surface area contributed by atoms with Gasteiger partial charge in [0, 0.05) is 32.2 Å². The van der Waals surface area contributed by atoms with Crippen molar-refractivity contribution in [3.8, 4) is 0 Å². The van der Waals surface area contributed by atoms with Crippen LogP contribution >= 0.6 is 12.4 Å². The van der Waals surface area contributed by atoms with Gasteiger partial charge in [0.2, 0.25) is 5.91 Å². The SMILES string of the molecule is Cl.O=C(C1OCCc2ccccc21)N1CCCC(N2CCNCC2=O)C1. The average Bonchev–Trinajstić information content (AvgIpc) is 2.67. The summed E-state index contributed by atoms with van der Waals surface area (Å²) >= 11 is 0. The van der Waals surface area contributed by atoms with Crippen LogP contribution in [0, 0.1) is 0 Å². The van der Waals surface area contributed by atoms with Crippen LogP contribution in [0.25, 0.3) is 0 Å². The van der Waals surface area contributed by atoms with Crippen molar-refractivity contribution in [3.63, 3.8) is 0 Å². The van der Waals surface area contributed by atoms with E-state index >= 15 is 0 Å². The molecule has 1 aromatic rings. The molecule has 0 spiro atoms. The molecule has 1 N–H and O–H groups in total. The topological polar surface area (TPSA) is 61.9 Å². The lowest BCUT2D eigenvalue weighted by molar-refractivity contribution is -0.149. The van der Waals surface area contributed by atoms with E-state index in [0.29, 0.717) is 19.7 Å². The number of amides is 2. The van der Waals surface area contributed by atoms with Crippen LogP contribution in [-0.2, 0) is 20.7 Å². The molecule has 1 aromatic carbocycles. The Kier molecular flexibility index (Phi) is 6.16. The van der Waals surface area contributed by atoms with Crippen molar-refractivity contribution < 1.29 is 14.3 Å². The Morgan fingerprint density at radius 3 is 2.92 bits per heavy atom. The minimum absolute atomic E-state index is 0. The molecule has 6 nitrogen and oxygen atoms in total. The molecule has 2 fully saturated rings. The summed E-state index contributed by atoms with van der Waals surface area (Å²) in [5.41, 5.74) is 2.21. The Hall–Kier alpha value is -1.63. The quantitative estimate of drug-likeness (QED) is 0.837. The second-order valence-electron chi connectivity index (χ2n) is 7.04. The highest BCUT2D eigenvalue weighted by Crippen LogP contribution is 2.30. The Balaban J connectivity index is 0.00000196. The largest absolute Gasteiger partial charge is 0.363 e. The predicted molar refractivity (Wildman–Crippen MR) is 100 cm³/mol. The summed E-state index contributed by atoms with van der Waals surface area (Å²) in [4.78, 5) is 29.1. The highest BCUT2D eigenvalue weighted by atomic mass is 35.5. The van der Waals surface area contributed by atoms with E-state index < -0.39 is 6.10 Å². The summed E-state index contributed by atoms with van der Waals surface area (Å²) < 4.78 is 5.84. The molecule has 2 unspecified atom stereocenters. The first kappa shape index (κ1) is 19.1. The van der Waals surface area contributed by atoms with Crippen LogP contribution in [0.4, 0.5) is 0 Å². The van der Waals surface area contributed by atoms with Crippen LogP contribution in [-0.4, -0.2) is 67.0 Å². The lowest BCUT2D eigenvalue weighted by Crippen LogP contribution is -2.58. The fraction of sp³-hybridized carbons (Fsp3) is 0.579. The number of carbonyl (C=O) groups is 2. The first-order valence-electron chi connectivity index (χ1n) is 9.22. The van der Waals surface area contributed by atoms with Gasteiger partial charge >= 0.3 is 0 Å². The summed E-state index contributed by atoms with van der Waals surface area (Å²) in [6.45, 7) is 3.92. The average molecular weight is 380 g/mol. The summed E-state index contributed by atoms with van der Waals surface area (Å²) in [5.74, 6) is 0.184. The number of ether oxygens (including phenoxy) is 1. The van der Waals surface area contributed by atoms with Crippen molar-refractivity contribution in [1.82, 2.24) is 15.1 Å². The maximum Gasteiger partial charge on any atom is 0.256 e. The molecule has 26 heavy (non-hydrogen) atoms. The maximum atomic E-state index is 13.1. The van der Waals surface area contributed by atoms with Gasteiger partial charge in [0.1, 0.15) is 0 Å². The predicted octanol–water partition coefficient (Wildman–Crippen LogP) is 1.15. The smallest absolute Gasteiger partial charge is 0.256 e. The van der Waals surface area contributed by atoms with Crippen LogP contribution in [0.2, 0.25) is 0 Å². The van der Waals surface area contributed by atoms with E-state index in [2.05, 4.69) is 11.4 Å². The van der Waals surface area contributed by atoms with Gasteiger partial charge in [-0.3, -0.25) is 9.59 Å². The van der Waals surface area contributed by atoms with Crippen molar-refractivity contribution in [1.29, 1.82) is 0 Å². The Bertz CT molecular complexity index is 669. The summed E-state index contributed by atoms with van der Waals surface area (Å²) in [7, 11) is 0. The first-order chi connectivity index (χ1) is 12.2. The van der Waals surface area contributed by atoms with Crippen molar-refractivity contribution in [2.45, 2.75) is 31.4 Å². The van der Waals surface area contributed by atoms with Gasteiger partial charge < -0.3 is 19.9 Å². The zero-order valence-electron chi connectivity index (χ0n) is 14.9. The molecule has 3 aliphatic heterocycles. The number of rotatable bonds is 2. The second kappa shape index (κ2) is 8.37. The van der Waals surface area contributed by atoms with Crippen LogP contribution in [0.5, 0.6) is 0 Å². The number of piperidine rings is 1. The molecule has 0 aliphatic carbocycles. The second-order valence-corrected chi connectivity index (χ2v) is 7.04. The van der Waals surface area contributed by atoms with E-state index in [4.69, 9.17) is 4.74 Å². The zero-order valence-corrected chi connectivity index (χ0v) is 15.7. The molecule has 3 heterocycles. The van der Waals surface area contributed by atoms with Crippen LogP contribution in [0.15, 0.2) is 24.3 Å². The number of nitrogens with zero attached hydrogens (tertiary/aromatic N) is 2. The van der Waals surface area contributed by atoms with Crippen molar-refractivity contribution in [2.24, 2.45) is 0 Å². The van der Waals surface area contributed by atoms with Gasteiger partial charge in [-0.05, 0) is 30.4 Å². The fourth-order valence-electron chi connectivity index (χ4n) is 4.18. The molecule has 2 saturated heterocycles. The van der Waals surface area contributed by atoms with Crippen molar-refractivity contribution >= 4 is 24.2 Å². The standard InChI is InChI=1S/C19H25N3O3.ClH/c23-17-12-20-8-10-22(17)15-5-3-9-21(13-15)19(24)18-16-6-2-1-4-14(16)7-11-25-18;/h1-2,4,6,15,18,20H,3,5,7-13H2;1H. The Morgan fingerprint density at radius 2 is 2.08 bits per heavy atom. The molecule has 3 aliphatic rings. The Morgan fingerprint density at radius 1 is 1.23 bits per heavy atom. The molecule has 142 valence electrons. The van der Waals surface area contributed by atoms with Gasteiger partial charge in [0.05, 0.1) is 13.2 Å². The third kappa shape index (κ3) is 3.72. The number of benzene rings is 1. The number of fused-ring (bicyclic) bond motifs is 1. The highest BCUT2D eigenvalue weighted by Gasteiger charge is 2.36. The molecule has 0 radical (unpaired) electrons. The monoisotopic (exact) mass is 379 g/mol. The number of piperazine rings is 1. The van der Waals surface area contributed by atoms with Gasteiger partial charge in [0.25, 0.3) is 5.91 Å². The first-order valence-corrected chi connectivity index (χ1v) is 9.22. The van der Waals surface area contributed by atoms with Gasteiger partial charge in [-0.1, -0.05) is 24.3 Å². The number of halogens is 1. The molecule has 0 saturated carbocycles. The van der Waals surface area contributed by atoms with Crippen molar-refractivity contribution in [2.75, 3.05) is 39.3 Å². The zero-order chi connectivity index (χ0) is 17.2. The van der Waals surface area contributed by atoms with E-state index in [9.17, 15) is 9.59 Å². The van der Waals surface area contributed by atoms with Crippen LogP contribution in [0.3, 0.4) is 0 Å². The molecule has 7 heteroatoms. The van der Waals surface area contributed by atoms with Gasteiger partial charge in [-0.25, -0.2) is 0 Å². The normalized spacial score (nSPS) is 26.1. The minimum Gasteiger partial charge on any atom is -0.363 e. The number of hydrogen-bond acceptors (Lipinski definition) is 4. The van der Waals surface area contributed by atoms with E-state index in [1.54, 1.807) is 0 Å². The van der Waals surface area contributed by atoms with E-state index in [1.807, 2.05) is 28.0 Å². The van der Waals surface area contributed by atoms with Gasteiger partial charge in [-0.2, -0.15) is 0 Å². The summed E-state index contributed by atoms with van der Waals surface area (Å²) in [5, 5.41) is 3.11. The summed E-state index contributed by atoms with van der Waals surface area (Å²) in [6.07, 6.45) is 2.26. The molecular weight excluding hydrogens is 354 g/mol. The molecule has 0 aromatic heterocycles. The molecule has 4 rings (SSSR count). The third-order valence-electron chi connectivity index (χ3n) is 5.49. The molecular formula is C19H26ClN3O3. The van der Waals surface area contributed by atoms with Crippen molar-refractivity contribution in [3.05, 3.63) is 35.4 Å². The Labute approximate surface area is 160 Å². The number of hydrogen-bond donors (Lipinski definition) is 1. The maximum absolute atomic E-state index is 13.1. The van der Waals surface area contributed by atoms with Gasteiger partial charge in [-0.15, -0.1) is 12.4 Å². The fourth-order valence-corrected chi connectivity index (χ4v) is 4.18. The number of likely N-dealkylation sites (tertiary alicyclic amines) is 1. The number of carbonyl (C=O) groups excluding carboxylic acids is 2. The molecule has 0 bridgehead atoms. The summed E-state index contributed by atoms with van der Waals surface area (Å²) in [6, 6.07) is 8.19. The highest BCUT2D eigenvalue weighted by molar-refractivity contribution is 5.85. The van der Waals surface area contributed by atoms with Crippen LogP contribution in [0.1, 0.15) is 30.1 Å². The molecule has 2 atom stereocenters. The molecule has 2 amide bonds. The van der Waals surface area contributed by atoms with Crippen LogP contribution < -0.4 is 5.32 Å². The third-order valence-corrected chi connectivity index (χ3v) is 5.49. The van der Waals surface area contributed by atoms with E-state index in [0.717, 1.165) is 44.5 Å². The van der Waals surface area contributed by atoms with E-state index in [-0.39, 0.29) is 30.3 Å². The minimum atomic E-state index is -0.498.